The van der Waals surface area contributed by atoms with E-state index in [1.165, 1.54) is 6.07 Å². The van der Waals surface area contributed by atoms with Gasteiger partial charge in [-0.05, 0) is 30.6 Å². The summed E-state index contributed by atoms with van der Waals surface area (Å²) < 4.78 is 3.81. The van der Waals surface area contributed by atoms with Crippen molar-refractivity contribution in [1.82, 2.24) is 24.7 Å². The highest BCUT2D eigenvalue weighted by Crippen LogP contribution is 2.31. The van der Waals surface area contributed by atoms with Gasteiger partial charge in [0.2, 0.25) is 0 Å². The smallest absolute Gasteiger partial charge is 0.293 e. The molecule has 0 unspecified atom stereocenters. The first kappa shape index (κ1) is 21.1. The Balaban J connectivity index is 1.48. The van der Waals surface area contributed by atoms with E-state index in [4.69, 9.17) is 0 Å². The van der Waals surface area contributed by atoms with Crippen LogP contribution in [-0.2, 0) is 0 Å². The van der Waals surface area contributed by atoms with Gasteiger partial charge in [0.1, 0.15) is 10.6 Å². The van der Waals surface area contributed by atoms with Gasteiger partial charge in [-0.25, -0.2) is 0 Å². The Morgan fingerprint density at radius 1 is 1.06 bits per heavy atom. The van der Waals surface area contributed by atoms with E-state index in [9.17, 15) is 19.7 Å². The molecule has 1 aromatic carbocycles. The largest absolute Gasteiger partial charge is 0.362 e. The minimum Gasteiger partial charge on any atom is -0.362 e. The van der Waals surface area contributed by atoms with Gasteiger partial charge in [-0.15, -0.1) is 5.10 Å². The SMILES string of the molecule is Cc1nnsc1C(=O)N1CCN(c2ccc(C(=O)N3CCNCC3)cc2[N+](=O)[O-])CC1. The number of nitrogens with one attached hydrogen (secondary N) is 1. The van der Waals surface area contributed by atoms with Crippen molar-refractivity contribution in [2.45, 2.75) is 6.92 Å². The van der Waals surface area contributed by atoms with Crippen molar-refractivity contribution in [3.8, 4) is 0 Å². The lowest BCUT2D eigenvalue weighted by Crippen LogP contribution is -2.49. The summed E-state index contributed by atoms with van der Waals surface area (Å²) >= 11 is 1.08. The Hall–Kier alpha value is -3.12. The summed E-state index contributed by atoms with van der Waals surface area (Å²) in [4.78, 5) is 42.5. The lowest BCUT2D eigenvalue weighted by atomic mass is 10.1. The Labute approximate surface area is 182 Å². The van der Waals surface area contributed by atoms with Crippen molar-refractivity contribution >= 4 is 34.7 Å². The molecule has 1 N–H and O–H groups in total. The minimum absolute atomic E-state index is 0.0942. The summed E-state index contributed by atoms with van der Waals surface area (Å²) in [6, 6.07) is 4.66. The van der Waals surface area contributed by atoms with Crippen LogP contribution in [0.15, 0.2) is 18.2 Å². The van der Waals surface area contributed by atoms with E-state index in [-0.39, 0.29) is 17.5 Å². The molecule has 4 rings (SSSR count). The molecule has 2 saturated heterocycles. The molecule has 164 valence electrons. The van der Waals surface area contributed by atoms with Gasteiger partial charge in [0, 0.05) is 64.0 Å². The predicted molar refractivity (Wildman–Crippen MR) is 115 cm³/mol. The number of hydrogen-bond donors (Lipinski definition) is 1. The number of benzene rings is 1. The van der Waals surface area contributed by atoms with Crippen LogP contribution >= 0.6 is 11.5 Å². The highest BCUT2D eigenvalue weighted by Gasteiger charge is 2.29. The third-order valence-corrected chi connectivity index (χ3v) is 6.39. The zero-order chi connectivity index (χ0) is 22.0. The summed E-state index contributed by atoms with van der Waals surface area (Å²) in [7, 11) is 0. The average Bonchev–Trinajstić information content (AvgIpc) is 3.24. The van der Waals surface area contributed by atoms with Crippen LogP contribution in [0.4, 0.5) is 11.4 Å². The van der Waals surface area contributed by atoms with E-state index in [1.54, 1.807) is 28.9 Å². The maximum absolute atomic E-state index is 12.7. The number of anilines is 1. The molecule has 2 amide bonds. The van der Waals surface area contributed by atoms with Crippen LogP contribution in [0, 0.1) is 17.0 Å². The first-order valence-electron chi connectivity index (χ1n) is 10.1. The predicted octanol–water partition coefficient (Wildman–Crippen LogP) is 0.763. The molecule has 0 saturated carbocycles. The second kappa shape index (κ2) is 8.94. The van der Waals surface area contributed by atoms with E-state index in [0.717, 1.165) is 11.5 Å². The van der Waals surface area contributed by atoms with E-state index in [1.807, 2.05) is 4.90 Å². The van der Waals surface area contributed by atoms with Crippen molar-refractivity contribution < 1.29 is 14.5 Å². The molecular weight excluding hydrogens is 422 g/mol. The number of hydrogen-bond acceptors (Lipinski definition) is 9. The van der Waals surface area contributed by atoms with Gasteiger partial charge < -0.3 is 20.0 Å². The van der Waals surface area contributed by atoms with E-state index in [0.29, 0.717) is 74.2 Å². The van der Waals surface area contributed by atoms with Crippen molar-refractivity contribution in [3.63, 3.8) is 0 Å². The lowest BCUT2D eigenvalue weighted by molar-refractivity contribution is -0.384. The molecule has 31 heavy (non-hydrogen) atoms. The third kappa shape index (κ3) is 4.35. The van der Waals surface area contributed by atoms with Crippen molar-refractivity contribution in [3.05, 3.63) is 44.4 Å². The minimum atomic E-state index is -0.451. The Kier molecular flexibility index (Phi) is 6.09. The molecular formula is C19H23N7O4S. The van der Waals surface area contributed by atoms with Crippen LogP contribution in [0.3, 0.4) is 0 Å². The van der Waals surface area contributed by atoms with Crippen molar-refractivity contribution in [2.24, 2.45) is 0 Å². The summed E-state index contributed by atoms with van der Waals surface area (Å²) in [6.45, 7) is 6.14. The van der Waals surface area contributed by atoms with Gasteiger partial charge in [0.05, 0.1) is 10.6 Å². The standard InChI is InChI=1S/C19H23N7O4S/c1-13-17(31-22-21-13)19(28)25-10-8-23(9-11-25)15-3-2-14(12-16(15)26(29)30)18(27)24-6-4-20-5-7-24/h2-3,12,20H,4-11H2,1H3. The molecule has 0 spiro atoms. The molecule has 12 heteroatoms. The highest BCUT2D eigenvalue weighted by atomic mass is 32.1. The third-order valence-electron chi connectivity index (χ3n) is 5.58. The van der Waals surface area contributed by atoms with Gasteiger partial charge in [0.15, 0.2) is 0 Å². The second-order valence-electron chi connectivity index (χ2n) is 7.47. The maximum atomic E-state index is 12.7. The molecule has 11 nitrogen and oxygen atoms in total. The quantitative estimate of drug-likeness (QED) is 0.540. The van der Waals surface area contributed by atoms with Crippen LogP contribution in [0.25, 0.3) is 0 Å². The second-order valence-corrected chi connectivity index (χ2v) is 8.22. The van der Waals surface area contributed by atoms with Crippen LogP contribution in [-0.4, -0.2) is 88.5 Å². The van der Waals surface area contributed by atoms with Crippen LogP contribution in [0.2, 0.25) is 0 Å². The number of carbonyl (C=O) groups excluding carboxylic acids is 2. The first-order chi connectivity index (χ1) is 15.0. The van der Waals surface area contributed by atoms with Crippen molar-refractivity contribution in [1.29, 1.82) is 0 Å². The molecule has 0 radical (unpaired) electrons. The molecule has 2 aliphatic rings. The molecule has 2 aromatic rings. The number of piperazine rings is 2. The molecule has 2 fully saturated rings. The summed E-state index contributed by atoms with van der Waals surface area (Å²) in [5.74, 6) is -0.307. The monoisotopic (exact) mass is 445 g/mol. The molecule has 3 heterocycles. The lowest BCUT2D eigenvalue weighted by Gasteiger charge is -2.35. The van der Waals surface area contributed by atoms with Crippen LogP contribution in [0.5, 0.6) is 0 Å². The highest BCUT2D eigenvalue weighted by molar-refractivity contribution is 7.07. The maximum Gasteiger partial charge on any atom is 0.293 e. The Morgan fingerprint density at radius 3 is 2.35 bits per heavy atom. The van der Waals surface area contributed by atoms with Gasteiger partial charge in [-0.1, -0.05) is 4.49 Å². The summed E-state index contributed by atoms with van der Waals surface area (Å²) in [6.07, 6.45) is 0. The van der Waals surface area contributed by atoms with Gasteiger partial charge in [-0.2, -0.15) is 0 Å². The number of aryl methyl sites for hydroxylation is 1. The van der Waals surface area contributed by atoms with Crippen LogP contribution < -0.4 is 10.2 Å². The fourth-order valence-corrected chi connectivity index (χ4v) is 4.47. The van der Waals surface area contributed by atoms with Gasteiger partial charge in [0.25, 0.3) is 17.5 Å². The number of nitro groups is 1. The van der Waals surface area contributed by atoms with E-state index >= 15 is 0 Å². The molecule has 0 aliphatic carbocycles. The fraction of sp³-hybridized carbons (Fsp3) is 0.474. The van der Waals surface area contributed by atoms with Crippen LogP contribution in [0.1, 0.15) is 25.7 Å². The number of aromatic nitrogens is 2. The Bertz CT molecular complexity index is 997. The number of nitrogens with zero attached hydrogens (tertiary/aromatic N) is 6. The van der Waals surface area contributed by atoms with E-state index in [2.05, 4.69) is 14.9 Å². The topological polar surface area (TPSA) is 125 Å². The molecule has 2 aliphatic heterocycles. The molecule has 0 bridgehead atoms. The Morgan fingerprint density at radius 2 is 1.74 bits per heavy atom. The van der Waals surface area contributed by atoms with E-state index < -0.39 is 4.92 Å². The van der Waals surface area contributed by atoms with Gasteiger partial charge in [-0.3, -0.25) is 19.7 Å². The fourth-order valence-electron chi connectivity index (χ4n) is 3.84. The van der Waals surface area contributed by atoms with Gasteiger partial charge >= 0.3 is 0 Å². The zero-order valence-electron chi connectivity index (χ0n) is 17.1. The zero-order valence-corrected chi connectivity index (χ0v) is 17.9. The summed E-state index contributed by atoms with van der Waals surface area (Å²) in [5, 5.41) is 18.8. The number of nitro benzene ring substituents is 1. The molecule has 1 aromatic heterocycles. The average molecular weight is 446 g/mol. The number of carbonyl (C=O) groups is 2. The number of amides is 2. The first-order valence-corrected chi connectivity index (χ1v) is 10.8. The molecule has 0 atom stereocenters. The summed E-state index contributed by atoms with van der Waals surface area (Å²) in [5.41, 5.74) is 1.30. The van der Waals surface area contributed by atoms with Crippen molar-refractivity contribution in [2.75, 3.05) is 57.3 Å². The normalized spacial score (nSPS) is 17.0. The number of rotatable bonds is 4.